The van der Waals surface area contributed by atoms with Crippen molar-refractivity contribution >= 4 is 35.8 Å². The Morgan fingerprint density at radius 3 is 1.41 bits per heavy atom. The van der Waals surface area contributed by atoms with E-state index < -0.39 is 24.2 Å². The van der Waals surface area contributed by atoms with Crippen LogP contribution in [0.3, 0.4) is 0 Å². The number of amides is 1. The second-order valence-corrected chi connectivity index (χ2v) is 18.8. The van der Waals surface area contributed by atoms with E-state index in [1.807, 2.05) is 36.4 Å². The average molecular weight is 894 g/mol. The molecule has 2 aromatic rings. The van der Waals surface area contributed by atoms with Gasteiger partial charge in [0.2, 0.25) is 0 Å². The Morgan fingerprint density at radius 2 is 0.968 bits per heavy atom. The van der Waals surface area contributed by atoms with Gasteiger partial charge in [0.25, 0.3) is 0 Å². The average Bonchev–Trinajstić information content (AvgIpc) is 3.60. The van der Waals surface area contributed by atoms with Crippen LogP contribution >= 0.6 is 11.8 Å². The zero-order chi connectivity index (χ0) is 45.2. The number of thioether (sulfide) groups is 1. The third kappa shape index (κ3) is 23.8. The van der Waals surface area contributed by atoms with Gasteiger partial charge in [-0.3, -0.25) is 9.59 Å². The Morgan fingerprint density at radius 1 is 0.556 bits per heavy atom. The first-order valence-corrected chi connectivity index (χ1v) is 26.3. The molecular formula is C53H83NO8S. The Kier molecular flexibility index (Phi) is 29.7. The molecule has 354 valence electrons. The summed E-state index contributed by atoms with van der Waals surface area (Å²) in [6.07, 6.45) is 30.8. The predicted octanol–water partition coefficient (Wildman–Crippen LogP) is 14.1. The van der Waals surface area contributed by atoms with Crippen LogP contribution in [0.15, 0.2) is 48.5 Å². The molecule has 2 N–H and O–H groups in total. The number of unbranched alkanes of at least 4 members (excludes halogenated alkanes) is 24. The van der Waals surface area contributed by atoms with Crippen molar-refractivity contribution in [3.05, 3.63) is 59.7 Å². The van der Waals surface area contributed by atoms with E-state index in [2.05, 4.69) is 31.3 Å². The van der Waals surface area contributed by atoms with Gasteiger partial charge in [0.15, 0.2) is 0 Å². The lowest BCUT2D eigenvalue weighted by Gasteiger charge is -2.20. The third-order valence-electron chi connectivity index (χ3n) is 12.2. The molecule has 0 saturated heterocycles. The lowest BCUT2D eigenvalue weighted by molar-refractivity contribution is -0.157. The summed E-state index contributed by atoms with van der Waals surface area (Å²) in [4.78, 5) is 50.8. The minimum Gasteiger partial charge on any atom is -0.480 e. The first kappa shape index (κ1) is 53.8. The molecule has 2 atom stereocenters. The summed E-state index contributed by atoms with van der Waals surface area (Å²) in [7, 11) is 0. The number of carboxylic acids is 1. The number of ether oxygens (including phenoxy) is 3. The molecule has 1 aliphatic carbocycles. The summed E-state index contributed by atoms with van der Waals surface area (Å²) in [6.45, 7) is 4.48. The number of carboxylic acid groups (broad SMARTS) is 1. The summed E-state index contributed by atoms with van der Waals surface area (Å²) in [5.74, 6) is -1.78. The van der Waals surface area contributed by atoms with Crippen molar-refractivity contribution in [1.29, 1.82) is 0 Å². The van der Waals surface area contributed by atoms with Gasteiger partial charge in [-0.15, -0.1) is 0 Å². The Balaban J connectivity index is 1.39. The molecule has 0 aromatic heterocycles. The van der Waals surface area contributed by atoms with E-state index >= 15 is 0 Å². The Hall–Kier alpha value is -3.53. The van der Waals surface area contributed by atoms with E-state index in [-0.39, 0.29) is 49.0 Å². The monoisotopic (exact) mass is 894 g/mol. The number of nitrogens with one attached hydrogen (secondary N) is 1. The second kappa shape index (κ2) is 34.8. The van der Waals surface area contributed by atoms with E-state index in [0.717, 1.165) is 60.8 Å². The number of rotatable bonds is 39. The zero-order valence-corrected chi connectivity index (χ0v) is 40.0. The summed E-state index contributed by atoms with van der Waals surface area (Å²) in [6, 6.07) is 14.8. The van der Waals surface area contributed by atoms with Gasteiger partial charge in [-0.1, -0.05) is 216 Å². The van der Waals surface area contributed by atoms with Crippen LogP contribution in [0.25, 0.3) is 11.1 Å². The van der Waals surface area contributed by atoms with Crippen LogP contribution in [0, 0.1) is 0 Å². The molecule has 3 rings (SSSR count). The highest BCUT2D eigenvalue weighted by Gasteiger charge is 2.30. The van der Waals surface area contributed by atoms with Gasteiger partial charge >= 0.3 is 24.0 Å². The first-order chi connectivity index (χ1) is 30.8. The van der Waals surface area contributed by atoms with Crippen molar-refractivity contribution in [3.63, 3.8) is 0 Å². The van der Waals surface area contributed by atoms with E-state index in [9.17, 15) is 24.3 Å². The summed E-state index contributed by atoms with van der Waals surface area (Å²) < 4.78 is 17.0. The van der Waals surface area contributed by atoms with Crippen molar-refractivity contribution in [3.8, 4) is 11.1 Å². The summed E-state index contributed by atoms with van der Waals surface area (Å²) in [5.41, 5.74) is 4.34. The molecule has 0 heterocycles. The standard InChI is InChI=1S/C53H83NO8S/c1-3-5-7-9-11-13-15-17-19-21-23-25-27-37-50(55)60-39-43(62-51(56)38-28-26-24-22-20-18-16-14-12-10-8-6-4-2)41-63-42-49(52(57)58)54-53(59)61-40-48-46-35-31-29-33-44(46)45-34-30-32-36-47(45)48/h29-36,43,48-49H,3-28,37-42H2,1-2H3,(H,54,59)(H,57,58)/t43-,49-/m0/s1. The van der Waals surface area contributed by atoms with Gasteiger partial charge in [0.1, 0.15) is 25.4 Å². The molecule has 0 bridgehead atoms. The second-order valence-electron chi connectivity index (χ2n) is 17.7. The van der Waals surface area contributed by atoms with Crippen molar-refractivity contribution in [2.75, 3.05) is 24.7 Å². The molecule has 0 radical (unpaired) electrons. The molecule has 0 fully saturated rings. The number of esters is 2. The molecule has 63 heavy (non-hydrogen) atoms. The SMILES string of the molecule is CCCCCCCCCCCCCCCC(=O)OC[C@@H](CSC[C@H](NC(=O)OCC1c2ccccc2-c2ccccc21)C(=O)O)OC(=O)CCCCCCCCCCCCCCC. The minimum atomic E-state index is -1.23. The van der Waals surface area contributed by atoms with Gasteiger partial charge in [0.05, 0.1) is 0 Å². The van der Waals surface area contributed by atoms with Crippen LogP contribution in [0.4, 0.5) is 4.79 Å². The van der Waals surface area contributed by atoms with E-state index in [1.54, 1.807) is 0 Å². The quantitative estimate of drug-likeness (QED) is 0.0383. The van der Waals surface area contributed by atoms with Crippen molar-refractivity contribution < 1.29 is 38.5 Å². The van der Waals surface area contributed by atoms with E-state index in [1.165, 1.54) is 140 Å². The van der Waals surface area contributed by atoms with E-state index in [4.69, 9.17) is 14.2 Å². The maximum Gasteiger partial charge on any atom is 0.407 e. The number of fused-ring (bicyclic) bond motifs is 3. The van der Waals surface area contributed by atoms with Crippen LogP contribution < -0.4 is 5.32 Å². The van der Waals surface area contributed by atoms with Gasteiger partial charge in [0, 0.05) is 30.3 Å². The highest BCUT2D eigenvalue weighted by molar-refractivity contribution is 7.99. The first-order valence-electron chi connectivity index (χ1n) is 25.1. The van der Waals surface area contributed by atoms with Crippen LogP contribution in [0.5, 0.6) is 0 Å². The molecule has 0 spiro atoms. The number of carbonyl (C=O) groups excluding carboxylic acids is 3. The predicted molar refractivity (Wildman–Crippen MR) is 258 cm³/mol. The largest absolute Gasteiger partial charge is 0.480 e. The van der Waals surface area contributed by atoms with E-state index in [0.29, 0.717) is 6.42 Å². The number of hydrogen-bond acceptors (Lipinski definition) is 8. The van der Waals surface area contributed by atoms with Crippen LogP contribution in [-0.4, -0.2) is 66.0 Å². The third-order valence-corrected chi connectivity index (χ3v) is 13.4. The fourth-order valence-corrected chi connectivity index (χ4v) is 9.49. The molecule has 0 unspecified atom stereocenters. The number of benzene rings is 2. The van der Waals surface area contributed by atoms with Crippen molar-refractivity contribution in [2.45, 2.75) is 212 Å². The number of aliphatic carboxylic acids is 1. The maximum atomic E-state index is 13.0. The van der Waals surface area contributed by atoms with Gasteiger partial charge in [-0.2, -0.15) is 11.8 Å². The number of carbonyl (C=O) groups is 4. The molecule has 10 heteroatoms. The molecular weight excluding hydrogens is 811 g/mol. The fourth-order valence-electron chi connectivity index (χ4n) is 8.47. The molecule has 1 amide bonds. The smallest absolute Gasteiger partial charge is 0.407 e. The Labute approximate surface area is 385 Å². The topological polar surface area (TPSA) is 128 Å². The highest BCUT2D eigenvalue weighted by Crippen LogP contribution is 2.44. The normalized spacial score (nSPS) is 12.9. The molecule has 9 nitrogen and oxygen atoms in total. The van der Waals surface area contributed by atoms with Crippen LogP contribution in [-0.2, 0) is 28.6 Å². The minimum absolute atomic E-state index is 0.0132. The van der Waals surface area contributed by atoms with Gasteiger partial charge in [-0.25, -0.2) is 9.59 Å². The fraction of sp³-hybridized carbons (Fsp3) is 0.698. The van der Waals surface area contributed by atoms with Gasteiger partial charge in [-0.05, 0) is 35.1 Å². The molecule has 0 aliphatic heterocycles. The lowest BCUT2D eigenvalue weighted by atomic mass is 9.98. The zero-order valence-electron chi connectivity index (χ0n) is 39.2. The molecule has 1 aliphatic rings. The summed E-state index contributed by atoms with van der Waals surface area (Å²) in [5, 5.41) is 12.5. The Bertz CT molecular complexity index is 1500. The lowest BCUT2D eigenvalue weighted by Crippen LogP contribution is -2.43. The molecule has 0 saturated carbocycles. The number of hydrogen-bond donors (Lipinski definition) is 2. The van der Waals surface area contributed by atoms with Gasteiger partial charge < -0.3 is 24.6 Å². The van der Waals surface area contributed by atoms with Crippen molar-refractivity contribution in [1.82, 2.24) is 5.32 Å². The highest BCUT2D eigenvalue weighted by atomic mass is 32.2. The maximum absolute atomic E-state index is 13.0. The van der Waals surface area contributed by atoms with Crippen LogP contribution in [0.2, 0.25) is 0 Å². The van der Waals surface area contributed by atoms with Crippen LogP contribution in [0.1, 0.15) is 211 Å². The molecule has 2 aromatic carbocycles. The summed E-state index contributed by atoms with van der Waals surface area (Å²) >= 11 is 1.22. The number of alkyl carbamates (subject to hydrolysis) is 1. The van der Waals surface area contributed by atoms with Crippen molar-refractivity contribution in [2.24, 2.45) is 0 Å².